The van der Waals surface area contributed by atoms with Crippen LogP contribution in [0.3, 0.4) is 0 Å². The van der Waals surface area contributed by atoms with Gasteiger partial charge in [-0.25, -0.2) is 0 Å². The van der Waals surface area contributed by atoms with E-state index in [1.54, 1.807) is 0 Å². The zero-order valence-corrected chi connectivity index (χ0v) is 11.1. The van der Waals surface area contributed by atoms with Crippen LogP contribution in [0.1, 0.15) is 32.6 Å². The molecule has 0 aliphatic carbocycles. The molecule has 0 spiro atoms. The van der Waals surface area contributed by atoms with Crippen molar-refractivity contribution in [1.82, 2.24) is 10.2 Å². The van der Waals surface area contributed by atoms with Gasteiger partial charge in [0.25, 0.3) is 0 Å². The molecule has 15 heavy (non-hydrogen) atoms. The van der Waals surface area contributed by atoms with Crippen LogP contribution in [0.2, 0.25) is 0 Å². The molecular formula is C12H26N2S. The predicted octanol–water partition coefficient (Wildman–Crippen LogP) is 2.20. The molecule has 1 aliphatic rings. The third-order valence-electron chi connectivity index (χ3n) is 3.13. The second kappa shape index (κ2) is 8.43. The maximum absolute atomic E-state index is 3.20. The van der Waals surface area contributed by atoms with Gasteiger partial charge in [-0.05, 0) is 39.9 Å². The molecule has 1 N–H and O–H groups in total. The first-order valence-electron chi connectivity index (χ1n) is 6.31. The van der Waals surface area contributed by atoms with Crippen LogP contribution in [0, 0.1) is 0 Å². The van der Waals surface area contributed by atoms with Gasteiger partial charge < -0.3 is 5.32 Å². The monoisotopic (exact) mass is 230 g/mol. The summed E-state index contributed by atoms with van der Waals surface area (Å²) in [4.78, 5) is 2.66. The fraction of sp³-hybridized carbons (Fsp3) is 1.00. The predicted molar refractivity (Wildman–Crippen MR) is 70.8 cm³/mol. The lowest BCUT2D eigenvalue weighted by molar-refractivity contribution is 0.227. The summed E-state index contributed by atoms with van der Waals surface area (Å²) >= 11 is 2.11. The van der Waals surface area contributed by atoms with Gasteiger partial charge in [-0.3, -0.25) is 4.90 Å². The summed E-state index contributed by atoms with van der Waals surface area (Å²) in [5, 5.41) is 3.20. The first-order valence-corrected chi connectivity index (χ1v) is 7.46. The van der Waals surface area contributed by atoms with E-state index in [1.165, 1.54) is 56.8 Å². The maximum Gasteiger partial charge on any atom is 0.0158 e. The van der Waals surface area contributed by atoms with Crippen molar-refractivity contribution in [1.29, 1.82) is 0 Å². The molecule has 2 nitrogen and oxygen atoms in total. The summed E-state index contributed by atoms with van der Waals surface area (Å²) in [6, 6.07) is 0.807. The quantitative estimate of drug-likeness (QED) is 0.675. The highest BCUT2D eigenvalue weighted by atomic mass is 32.2. The van der Waals surface area contributed by atoms with Crippen molar-refractivity contribution in [2.45, 2.75) is 38.6 Å². The van der Waals surface area contributed by atoms with Crippen LogP contribution < -0.4 is 5.32 Å². The number of rotatable bonds is 7. The average Bonchev–Trinajstić information content (AvgIpc) is 2.25. The molecule has 3 heteroatoms. The number of hydrogen-bond donors (Lipinski definition) is 1. The minimum absolute atomic E-state index is 0.807. The van der Waals surface area contributed by atoms with E-state index >= 15 is 0 Å². The van der Waals surface area contributed by atoms with E-state index in [2.05, 4.69) is 28.9 Å². The fourth-order valence-corrected chi connectivity index (χ4v) is 3.15. The SMILES string of the molecule is CNCCCCCCN1CCSCC1C. The van der Waals surface area contributed by atoms with E-state index in [1.807, 2.05) is 7.05 Å². The molecule has 1 rings (SSSR count). The molecule has 1 atom stereocenters. The van der Waals surface area contributed by atoms with Gasteiger partial charge in [0.2, 0.25) is 0 Å². The van der Waals surface area contributed by atoms with E-state index < -0.39 is 0 Å². The number of unbranched alkanes of at least 4 members (excludes halogenated alkanes) is 3. The third-order valence-corrected chi connectivity index (χ3v) is 4.32. The van der Waals surface area contributed by atoms with Crippen molar-refractivity contribution < 1.29 is 0 Å². The first-order chi connectivity index (χ1) is 7.34. The Morgan fingerprint density at radius 2 is 2.07 bits per heavy atom. The largest absolute Gasteiger partial charge is 0.320 e. The number of thioether (sulfide) groups is 1. The van der Waals surface area contributed by atoms with Gasteiger partial charge in [0.1, 0.15) is 0 Å². The fourth-order valence-electron chi connectivity index (χ4n) is 2.06. The summed E-state index contributed by atoms with van der Waals surface area (Å²) in [6.45, 7) is 6.17. The minimum Gasteiger partial charge on any atom is -0.320 e. The number of nitrogens with zero attached hydrogens (tertiary/aromatic N) is 1. The summed E-state index contributed by atoms with van der Waals surface area (Å²) in [5.41, 5.74) is 0. The van der Waals surface area contributed by atoms with Crippen molar-refractivity contribution in [3.63, 3.8) is 0 Å². The van der Waals surface area contributed by atoms with Crippen molar-refractivity contribution in [3.05, 3.63) is 0 Å². The summed E-state index contributed by atoms with van der Waals surface area (Å²) in [7, 11) is 2.03. The Kier molecular flexibility index (Phi) is 7.49. The van der Waals surface area contributed by atoms with E-state index in [9.17, 15) is 0 Å². The van der Waals surface area contributed by atoms with Crippen molar-refractivity contribution in [2.75, 3.05) is 38.2 Å². The van der Waals surface area contributed by atoms with E-state index in [0.29, 0.717) is 0 Å². The Hall–Kier alpha value is 0.270. The second-order valence-electron chi connectivity index (χ2n) is 4.48. The highest BCUT2D eigenvalue weighted by Crippen LogP contribution is 2.16. The van der Waals surface area contributed by atoms with Crippen molar-refractivity contribution in [3.8, 4) is 0 Å². The summed E-state index contributed by atoms with van der Waals surface area (Å²) in [5.74, 6) is 2.67. The molecule has 0 saturated carbocycles. The molecule has 0 aromatic carbocycles. The highest BCUT2D eigenvalue weighted by molar-refractivity contribution is 7.99. The van der Waals surface area contributed by atoms with Gasteiger partial charge >= 0.3 is 0 Å². The summed E-state index contributed by atoms with van der Waals surface area (Å²) < 4.78 is 0. The van der Waals surface area contributed by atoms with Crippen LogP contribution in [0.5, 0.6) is 0 Å². The standard InChI is InChI=1S/C12H26N2S/c1-12-11-15-10-9-14(12)8-6-4-3-5-7-13-2/h12-13H,3-11H2,1-2H3. The lowest BCUT2D eigenvalue weighted by atomic mass is 10.1. The van der Waals surface area contributed by atoms with Gasteiger partial charge in [0.15, 0.2) is 0 Å². The zero-order valence-electron chi connectivity index (χ0n) is 10.3. The molecule has 0 amide bonds. The van der Waals surface area contributed by atoms with Crippen LogP contribution in [0.25, 0.3) is 0 Å². The lowest BCUT2D eigenvalue weighted by Gasteiger charge is -2.32. The minimum atomic E-state index is 0.807. The number of hydrogen-bond acceptors (Lipinski definition) is 3. The maximum atomic E-state index is 3.20. The Morgan fingerprint density at radius 3 is 2.80 bits per heavy atom. The van der Waals surface area contributed by atoms with Crippen LogP contribution in [-0.4, -0.2) is 49.1 Å². The first kappa shape index (κ1) is 13.3. The van der Waals surface area contributed by atoms with E-state index in [4.69, 9.17) is 0 Å². The molecular weight excluding hydrogens is 204 g/mol. The molecule has 90 valence electrons. The normalized spacial score (nSPS) is 23.2. The van der Waals surface area contributed by atoms with Gasteiger partial charge in [-0.2, -0.15) is 11.8 Å². The Bertz CT molecular complexity index is 153. The highest BCUT2D eigenvalue weighted by Gasteiger charge is 2.17. The number of nitrogens with one attached hydrogen (secondary N) is 1. The van der Waals surface area contributed by atoms with Crippen LogP contribution in [-0.2, 0) is 0 Å². The Balaban J connectivity index is 1.94. The molecule has 0 radical (unpaired) electrons. The molecule has 1 aliphatic heterocycles. The average molecular weight is 230 g/mol. The summed E-state index contributed by atoms with van der Waals surface area (Å²) in [6.07, 6.45) is 5.51. The Morgan fingerprint density at radius 1 is 1.27 bits per heavy atom. The van der Waals surface area contributed by atoms with E-state index in [0.717, 1.165) is 6.04 Å². The van der Waals surface area contributed by atoms with E-state index in [-0.39, 0.29) is 0 Å². The molecule has 1 saturated heterocycles. The molecule has 0 aromatic heterocycles. The molecule has 0 aromatic rings. The Labute approximate surface area is 99.2 Å². The van der Waals surface area contributed by atoms with Gasteiger partial charge in [-0.15, -0.1) is 0 Å². The van der Waals surface area contributed by atoms with Crippen molar-refractivity contribution in [2.24, 2.45) is 0 Å². The molecule has 1 unspecified atom stereocenters. The van der Waals surface area contributed by atoms with Gasteiger partial charge in [0.05, 0.1) is 0 Å². The van der Waals surface area contributed by atoms with Crippen LogP contribution >= 0.6 is 11.8 Å². The third kappa shape index (κ3) is 5.79. The lowest BCUT2D eigenvalue weighted by Crippen LogP contribution is -2.40. The van der Waals surface area contributed by atoms with Crippen molar-refractivity contribution >= 4 is 11.8 Å². The van der Waals surface area contributed by atoms with Gasteiger partial charge in [0, 0.05) is 24.1 Å². The van der Waals surface area contributed by atoms with Crippen LogP contribution in [0.4, 0.5) is 0 Å². The molecule has 1 fully saturated rings. The second-order valence-corrected chi connectivity index (χ2v) is 5.63. The van der Waals surface area contributed by atoms with Gasteiger partial charge in [-0.1, -0.05) is 12.8 Å². The molecule has 0 bridgehead atoms. The smallest absolute Gasteiger partial charge is 0.0158 e. The molecule has 1 heterocycles. The zero-order chi connectivity index (χ0) is 10.9. The van der Waals surface area contributed by atoms with Crippen LogP contribution in [0.15, 0.2) is 0 Å². The topological polar surface area (TPSA) is 15.3 Å².